The highest BCUT2D eigenvalue weighted by molar-refractivity contribution is 5.91. The van der Waals surface area contributed by atoms with E-state index in [0.29, 0.717) is 37.9 Å². The van der Waals surface area contributed by atoms with E-state index in [4.69, 9.17) is 5.73 Å². The summed E-state index contributed by atoms with van der Waals surface area (Å²) in [6.45, 7) is 9.92. The molecule has 2 amide bonds. The monoisotopic (exact) mass is 297 g/mol. The van der Waals surface area contributed by atoms with Crippen molar-refractivity contribution in [3.8, 4) is 0 Å². The normalized spacial score (nSPS) is 20.0. The first-order valence-electron chi connectivity index (χ1n) is 7.98. The van der Waals surface area contributed by atoms with Gasteiger partial charge in [-0.1, -0.05) is 13.8 Å². The molecule has 0 aromatic carbocycles. The Morgan fingerprint density at radius 2 is 1.90 bits per heavy atom. The Hall–Kier alpha value is -1.10. The number of amides is 2. The van der Waals surface area contributed by atoms with Crippen LogP contribution in [0.2, 0.25) is 0 Å². The summed E-state index contributed by atoms with van der Waals surface area (Å²) >= 11 is 0. The number of carbonyl (C=O) groups excluding carboxylic acids is 2. The van der Waals surface area contributed by atoms with Crippen molar-refractivity contribution in [2.24, 2.45) is 17.6 Å². The molecule has 5 heteroatoms. The molecule has 1 fully saturated rings. The largest absolute Gasteiger partial charge is 0.342 e. The lowest BCUT2D eigenvalue weighted by Gasteiger charge is -2.45. The third kappa shape index (κ3) is 4.19. The molecule has 1 rings (SSSR count). The first kappa shape index (κ1) is 18.0. The van der Waals surface area contributed by atoms with Crippen molar-refractivity contribution >= 4 is 11.8 Å². The minimum atomic E-state index is -0.731. The van der Waals surface area contributed by atoms with Gasteiger partial charge in [0.05, 0.1) is 0 Å². The Morgan fingerprint density at radius 3 is 2.43 bits per heavy atom. The van der Waals surface area contributed by atoms with Crippen LogP contribution in [-0.4, -0.2) is 53.8 Å². The summed E-state index contributed by atoms with van der Waals surface area (Å²) in [5.74, 6) is 1.11. The van der Waals surface area contributed by atoms with Crippen LogP contribution in [0, 0.1) is 11.8 Å². The van der Waals surface area contributed by atoms with Gasteiger partial charge in [-0.25, -0.2) is 0 Å². The number of piperazine rings is 1. The summed E-state index contributed by atoms with van der Waals surface area (Å²) in [4.78, 5) is 28.2. The number of hydrogen-bond acceptors (Lipinski definition) is 3. The van der Waals surface area contributed by atoms with E-state index in [0.717, 1.165) is 12.8 Å². The van der Waals surface area contributed by atoms with Crippen LogP contribution in [0.1, 0.15) is 47.0 Å². The van der Waals surface area contributed by atoms with E-state index in [-0.39, 0.29) is 11.8 Å². The van der Waals surface area contributed by atoms with Gasteiger partial charge in [0.2, 0.25) is 11.8 Å². The molecule has 1 saturated heterocycles. The highest BCUT2D eigenvalue weighted by Gasteiger charge is 2.42. The fourth-order valence-corrected chi connectivity index (χ4v) is 3.12. The van der Waals surface area contributed by atoms with E-state index in [2.05, 4.69) is 13.8 Å². The summed E-state index contributed by atoms with van der Waals surface area (Å²) < 4.78 is 0. The molecule has 0 saturated carbocycles. The van der Waals surface area contributed by atoms with E-state index in [1.54, 1.807) is 16.8 Å². The molecule has 0 radical (unpaired) electrons. The summed E-state index contributed by atoms with van der Waals surface area (Å²) in [6.07, 6.45) is 2.31. The minimum absolute atomic E-state index is 0.0180. The van der Waals surface area contributed by atoms with Gasteiger partial charge in [-0.2, -0.15) is 0 Å². The van der Waals surface area contributed by atoms with Gasteiger partial charge in [-0.05, 0) is 45.1 Å². The van der Waals surface area contributed by atoms with Gasteiger partial charge in [-0.3, -0.25) is 9.59 Å². The lowest BCUT2D eigenvalue weighted by atomic mass is 9.87. The summed E-state index contributed by atoms with van der Waals surface area (Å²) in [7, 11) is 1.79. The van der Waals surface area contributed by atoms with Crippen molar-refractivity contribution in [3.05, 3.63) is 0 Å². The predicted molar refractivity (Wildman–Crippen MR) is 84.7 cm³/mol. The molecule has 122 valence electrons. The van der Waals surface area contributed by atoms with Crippen molar-refractivity contribution in [1.82, 2.24) is 9.80 Å². The molecule has 5 nitrogen and oxygen atoms in total. The molecule has 1 aliphatic heterocycles. The predicted octanol–water partition coefficient (Wildman–Crippen LogP) is 1.47. The Balaban J connectivity index is 2.64. The maximum Gasteiger partial charge on any atom is 0.247 e. The second-order valence-corrected chi connectivity index (χ2v) is 6.95. The summed E-state index contributed by atoms with van der Waals surface area (Å²) in [5, 5.41) is 0. The summed E-state index contributed by atoms with van der Waals surface area (Å²) in [6, 6.07) is 0. The van der Waals surface area contributed by atoms with Crippen LogP contribution in [0.3, 0.4) is 0 Å². The quantitative estimate of drug-likeness (QED) is 0.807. The number of nitrogens with two attached hydrogens (primary N) is 1. The summed E-state index contributed by atoms with van der Waals surface area (Å²) in [5.41, 5.74) is 4.92. The third-order valence-corrected chi connectivity index (χ3v) is 4.71. The Morgan fingerprint density at radius 1 is 1.29 bits per heavy atom. The highest BCUT2D eigenvalue weighted by atomic mass is 16.2. The van der Waals surface area contributed by atoms with E-state index in [1.807, 2.05) is 13.8 Å². The average Bonchev–Trinajstić information content (AvgIpc) is 2.40. The maximum absolute atomic E-state index is 12.5. The standard InChI is InChI=1S/C16H31N3O2/c1-12(2)13(8-9-17)6-7-14(20)19-11-10-18(5)15(21)16(19,3)4/h12-13H,6-11,17H2,1-5H3. The van der Waals surface area contributed by atoms with Gasteiger partial charge in [0, 0.05) is 26.6 Å². The van der Waals surface area contributed by atoms with E-state index >= 15 is 0 Å². The zero-order valence-corrected chi connectivity index (χ0v) is 14.2. The van der Waals surface area contributed by atoms with Crippen molar-refractivity contribution < 1.29 is 9.59 Å². The topological polar surface area (TPSA) is 66.6 Å². The molecule has 0 aliphatic carbocycles. The zero-order valence-electron chi connectivity index (χ0n) is 14.2. The molecule has 0 aromatic rings. The first-order valence-corrected chi connectivity index (χ1v) is 7.98. The van der Waals surface area contributed by atoms with E-state index in [9.17, 15) is 9.59 Å². The fourth-order valence-electron chi connectivity index (χ4n) is 3.12. The lowest BCUT2D eigenvalue weighted by molar-refractivity contribution is -0.157. The van der Waals surface area contributed by atoms with Crippen LogP contribution in [0.15, 0.2) is 0 Å². The number of hydrogen-bond donors (Lipinski definition) is 1. The molecule has 0 bridgehead atoms. The number of rotatable bonds is 6. The van der Waals surface area contributed by atoms with Crippen LogP contribution >= 0.6 is 0 Å². The molecule has 1 unspecified atom stereocenters. The molecule has 0 spiro atoms. The highest BCUT2D eigenvalue weighted by Crippen LogP contribution is 2.25. The van der Waals surface area contributed by atoms with Gasteiger partial charge in [-0.15, -0.1) is 0 Å². The van der Waals surface area contributed by atoms with Crippen LogP contribution in [-0.2, 0) is 9.59 Å². The Labute approximate surface area is 128 Å². The second kappa shape index (κ2) is 7.25. The van der Waals surface area contributed by atoms with Crippen molar-refractivity contribution in [2.45, 2.75) is 52.5 Å². The van der Waals surface area contributed by atoms with E-state index < -0.39 is 5.54 Å². The van der Waals surface area contributed by atoms with E-state index in [1.165, 1.54) is 0 Å². The Bertz CT molecular complexity index is 380. The van der Waals surface area contributed by atoms with Crippen molar-refractivity contribution in [2.75, 3.05) is 26.7 Å². The molecular weight excluding hydrogens is 266 g/mol. The molecule has 1 aliphatic rings. The number of nitrogens with zero attached hydrogens (tertiary/aromatic N) is 2. The average molecular weight is 297 g/mol. The lowest BCUT2D eigenvalue weighted by Crippen LogP contribution is -2.63. The molecule has 21 heavy (non-hydrogen) atoms. The van der Waals surface area contributed by atoms with Crippen LogP contribution in [0.4, 0.5) is 0 Å². The zero-order chi connectivity index (χ0) is 16.2. The molecular formula is C16H31N3O2. The van der Waals surface area contributed by atoms with Gasteiger partial charge in [0.25, 0.3) is 0 Å². The number of carbonyl (C=O) groups is 2. The van der Waals surface area contributed by atoms with Crippen molar-refractivity contribution in [3.63, 3.8) is 0 Å². The molecule has 1 atom stereocenters. The van der Waals surface area contributed by atoms with Crippen molar-refractivity contribution in [1.29, 1.82) is 0 Å². The second-order valence-electron chi connectivity index (χ2n) is 6.95. The van der Waals surface area contributed by atoms with Gasteiger partial charge >= 0.3 is 0 Å². The number of likely N-dealkylation sites (N-methyl/N-ethyl adjacent to an activating group) is 1. The minimum Gasteiger partial charge on any atom is -0.342 e. The third-order valence-electron chi connectivity index (χ3n) is 4.71. The smallest absolute Gasteiger partial charge is 0.247 e. The maximum atomic E-state index is 12.5. The Kier molecular flexibility index (Phi) is 6.20. The first-order chi connectivity index (χ1) is 9.71. The van der Waals surface area contributed by atoms with Gasteiger partial charge in [0.15, 0.2) is 0 Å². The van der Waals surface area contributed by atoms with Crippen LogP contribution in [0.5, 0.6) is 0 Å². The van der Waals surface area contributed by atoms with Crippen LogP contribution < -0.4 is 5.73 Å². The SMILES string of the molecule is CC(C)C(CCN)CCC(=O)N1CCN(C)C(=O)C1(C)C. The molecule has 1 heterocycles. The molecule has 2 N–H and O–H groups in total. The van der Waals surface area contributed by atoms with Gasteiger partial charge in [0.1, 0.15) is 5.54 Å². The van der Waals surface area contributed by atoms with Gasteiger partial charge < -0.3 is 15.5 Å². The van der Waals surface area contributed by atoms with Crippen LogP contribution in [0.25, 0.3) is 0 Å². The fraction of sp³-hybridized carbons (Fsp3) is 0.875. The molecule has 0 aromatic heterocycles.